The van der Waals surface area contributed by atoms with E-state index in [4.69, 9.17) is 11.6 Å². The molecular formula is C14H15ClF3NO. The van der Waals surface area contributed by atoms with E-state index in [1.54, 1.807) is 0 Å². The number of hydrogen-bond acceptors (Lipinski definition) is 1. The van der Waals surface area contributed by atoms with Gasteiger partial charge in [-0.2, -0.15) is 13.2 Å². The van der Waals surface area contributed by atoms with Gasteiger partial charge in [0.05, 0.1) is 10.6 Å². The van der Waals surface area contributed by atoms with Gasteiger partial charge >= 0.3 is 6.18 Å². The van der Waals surface area contributed by atoms with E-state index in [-0.39, 0.29) is 22.5 Å². The monoisotopic (exact) mass is 305 g/mol. The van der Waals surface area contributed by atoms with E-state index in [2.05, 4.69) is 5.32 Å². The molecule has 110 valence electrons. The van der Waals surface area contributed by atoms with Crippen molar-refractivity contribution >= 4 is 23.6 Å². The summed E-state index contributed by atoms with van der Waals surface area (Å²) in [7, 11) is 0. The fourth-order valence-electron chi connectivity index (χ4n) is 1.43. The Bertz CT molecular complexity index is 512. The molecule has 0 aromatic heterocycles. The smallest absolute Gasteiger partial charge is 0.350 e. The van der Waals surface area contributed by atoms with Crippen LogP contribution in [0.5, 0.6) is 0 Å². The second-order valence-electron chi connectivity index (χ2n) is 4.39. The molecule has 0 aliphatic heterocycles. The normalized spacial score (nSPS) is 13.5. The van der Waals surface area contributed by atoms with E-state index < -0.39 is 11.7 Å². The van der Waals surface area contributed by atoms with Crippen LogP contribution in [0.15, 0.2) is 24.3 Å². The number of nitrogens with one attached hydrogen (secondary N) is 1. The molecule has 1 unspecified atom stereocenters. The first-order chi connectivity index (χ1) is 9.24. The second-order valence-corrected chi connectivity index (χ2v) is 4.80. The average Bonchev–Trinajstić information content (AvgIpc) is 2.36. The highest BCUT2D eigenvalue weighted by Crippen LogP contribution is 2.35. The number of rotatable bonds is 4. The quantitative estimate of drug-likeness (QED) is 0.826. The van der Waals surface area contributed by atoms with Crippen molar-refractivity contribution in [2.75, 3.05) is 0 Å². The number of hydrogen-bond donors (Lipinski definition) is 1. The summed E-state index contributed by atoms with van der Waals surface area (Å²) in [5, 5.41) is 2.32. The molecule has 1 amide bonds. The van der Waals surface area contributed by atoms with Crippen molar-refractivity contribution in [3.8, 4) is 0 Å². The summed E-state index contributed by atoms with van der Waals surface area (Å²) in [6, 6.07) is 3.51. The lowest BCUT2D eigenvalue weighted by Crippen LogP contribution is -2.30. The third-order valence-corrected chi connectivity index (χ3v) is 3.05. The van der Waals surface area contributed by atoms with Gasteiger partial charge in [-0.1, -0.05) is 24.6 Å². The molecule has 0 spiro atoms. The third kappa shape index (κ3) is 4.89. The number of halogens is 4. The number of amides is 1. The summed E-state index contributed by atoms with van der Waals surface area (Å²) in [5.41, 5.74) is -0.648. The van der Waals surface area contributed by atoms with Gasteiger partial charge in [0.25, 0.3) is 0 Å². The van der Waals surface area contributed by atoms with Gasteiger partial charge in [0.1, 0.15) is 0 Å². The lowest BCUT2D eigenvalue weighted by molar-refractivity contribution is -0.137. The minimum atomic E-state index is -4.51. The summed E-state index contributed by atoms with van der Waals surface area (Å²) in [5.74, 6) is -0.345. The van der Waals surface area contributed by atoms with Crippen LogP contribution in [0.25, 0.3) is 6.08 Å². The van der Waals surface area contributed by atoms with Crippen LogP contribution in [0.4, 0.5) is 13.2 Å². The third-order valence-electron chi connectivity index (χ3n) is 2.72. The van der Waals surface area contributed by atoms with Gasteiger partial charge < -0.3 is 5.32 Å². The lowest BCUT2D eigenvalue weighted by Gasteiger charge is -2.10. The minimum absolute atomic E-state index is 0.0168. The van der Waals surface area contributed by atoms with Crippen molar-refractivity contribution in [1.29, 1.82) is 0 Å². The first-order valence-corrected chi connectivity index (χ1v) is 6.47. The van der Waals surface area contributed by atoms with Crippen LogP contribution < -0.4 is 5.32 Å². The summed E-state index contributed by atoms with van der Waals surface area (Å²) in [6.45, 7) is 3.76. The van der Waals surface area contributed by atoms with Gasteiger partial charge in [-0.15, -0.1) is 0 Å². The van der Waals surface area contributed by atoms with Crippen molar-refractivity contribution in [3.05, 3.63) is 40.4 Å². The van der Waals surface area contributed by atoms with Crippen LogP contribution in [0.2, 0.25) is 5.02 Å². The molecule has 2 nitrogen and oxygen atoms in total. The largest absolute Gasteiger partial charge is 0.417 e. The molecule has 0 fully saturated rings. The Hall–Kier alpha value is -1.49. The Labute approximate surface area is 120 Å². The van der Waals surface area contributed by atoms with Crippen molar-refractivity contribution in [1.82, 2.24) is 5.32 Å². The number of benzene rings is 1. The predicted octanol–water partition coefficient (Wildman–Crippen LogP) is 4.29. The van der Waals surface area contributed by atoms with Gasteiger partial charge in [0, 0.05) is 12.1 Å². The fourth-order valence-corrected chi connectivity index (χ4v) is 1.65. The van der Waals surface area contributed by atoms with Gasteiger partial charge in [-0.25, -0.2) is 0 Å². The van der Waals surface area contributed by atoms with Gasteiger partial charge in [-0.05, 0) is 37.1 Å². The van der Waals surface area contributed by atoms with Crippen molar-refractivity contribution in [2.45, 2.75) is 32.5 Å². The summed E-state index contributed by atoms with van der Waals surface area (Å²) in [6.07, 6.45) is -1.21. The van der Waals surface area contributed by atoms with Crippen LogP contribution >= 0.6 is 11.6 Å². The average molecular weight is 306 g/mol. The summed E-state index contributed by atoms with van der Waals surface area (Å²) >= 11 is 5.51. The number of carbonyl (C=O) groups excluding carboxylic acids is 1. The highest BCUT2D eigenvalue weighted by molar-refractivity contribution is 6.31. The van der Waals surface area contributed by atoms with E-state index in [1.807, 2.05) is 13.8 Å². The van der Waals surface area contributed by atoms with Gasteiger partial charge in [0.2, 0.25) is 5.91 Å². The van der Waals surface area contributed by atoms with Crippen molar-refractivity contribution in [3.63, 3.8) is 0 Å². The highest BCUT2D eigenvalue weighted by atomic mass is 35.5. The maximum Gasteiger partial charge on any atom is 0.417 e. The molecule has 6 heteroatoms. The first kappa shape index (κ1) is 16.6. The first-order valence-electron chi connectivity index (χ1n) is 6.09. The molecule has 0 saturated heterocycles. The van der Waals surface area contributed by atoms with E-state index in [0.29, 0.717) is 0 Å². The predicted molar refractivity (Wildman–Crippen MR) is 73.4 cm³/mol. The standard InChI is InChI=1S/C14H15ClF3NO/c1-3-9(2)19-13(20)7-5-10-4-6-12(15)11(8-10)14(16,17)18/h4-9H,3H2,1-2H3,(H,19,20). The second kappa shape index (κ2) is 6.79. The molecule has 0 heterocycles. The van der Waals surface area contributed by atoms with Crippen LogP contribution in [0, 0.1) is 0 Å². The van der Waals surface area contributed by atoms with Crippen LogP contribution in [-0.4, -0.2) is 11.9 Å². The van der Waals surface area contributed by atoms with Crippen LogP contribution in [0.3, 0.4) is 0 Å². The summed E-state index contributed by atoms with van der Waals surface area (Å²) < 4.78 is 38.0. The van der Waals surface area contributed by atoms with Gasteiger partial charge in [-0.3, -0.25) is 4.79 Å². The maximum atomic E-state index is 12.7. The van der Waals surface area contributed by atoms with E-state index >= 15 is 0 Å². The minimum Gasteiger partial charge on any atom is -0.350 e. The van der Waals surface area contributed by atoms with E-state index in [9.17, 15) is 18.0 Å². The Kier molecular flexibility index (Phi) is 5.62. The molecule has 1 atom stereocenters. The molecule has 1 aromatic carbocycles. The SMILES string of the molecule is CCC(C)NC(=O)C=Cc1ccc(Cl)c(C(F)(F)F)c1. The zero-order valence-corrected chi connectivity index (χ0v) is 11.8. The summed E-state index contributed by atoms with van der Waals surface area (Å²) in [4.78, 5) is 11.5. The van der Waals surface area contributed by atoms with Gasteiger partial charge in [0.15, 0.2) is 0 Å². The Morgan fingerprint density at radius 1 is 1.45 bits per heavy atom. The molecule has 0 bridgehead atoms. The zero-order chi connectivity index (χ0) is 15.3. The van der Waals surface area contributed by atoms with Crippen LogP contribution in [0.1, 0.15) is 31.4 Å². The molecule has 0 aliphatic carbocycles. The van der Waals surface area contributed by atoms with Crippen molar-refractivity contribution in [2.24, 2.45) is 0 Å². The molecular weight excluding hydrogens is 291 g/mol. The van der Waals surface area contributed by atoms with Crippen LogP contribution in [-0.2, 0) is 11.0 Å². The molecule has 0 saturated carbocycles. The highest BCUT2D eigenvalue weighted by Gasteiger charge is 2.33. The lowest BCUT2D eigenvalue weighted by atomic mass is 10.1. The Morgan fingerprint density at radius 2 is 2.10 bits per heavy atom. The van der Waals surface area contributed by atoms with E-state index in [0.717, 1.165) is 18.6 Å². The zero-order valence-electron chi connectivity index (χ0n) is 11.1. The maximum absolute atomic E-state index is 12.7. The number of alkyl halides is 3. The van der Waals surface area contributed by atoms with Crippen molar-refractivity contribution < 1.29 is 18.0 Å². The molecule has 1 rings (SSSR count). The fraction of sp³-hybridized carbons (Fsp3) is 0.357. The Balaban J connectivity index is 2.86. The molecule has 1 N–H and O–H groups in total. The molecule has 0 radical (unpaired) electrons. The molecule has 1 aromatic rings. The molecule has 20 heavy (non-hydrogen) atoms. The van der Waals surface area contributed by atoms with E-state index in [1.165, 1.54) is 18.2 Å². The topological polar surface area (TPSA) is 29.1 Å². The Morgan fingerprint density at radius 3 is 2.65 bits per heavy atom. The molecule has 0 aliphatic rings. The number of carbonyl (C=O) groups is 1.